The van der Waals surface area contributed by atoms with Crippen LogP contribution in [0.5, 0.6) is 0 Å². The van der Waals surface area contributed by atoms with Gasteiger partial charge in [-0.1, -0.05) is 24.3 Å². The standard InChI is InChI=1S/C8H5ClF3NO/c1-2-7(9)6(8(10,11)12)3-4-13-5-14/h2-4H,1H2/b4-3+,7-6-. The second-order valence-corrected chi connectivity index (χ2v) is 2.41. The van der Waals surface area contributed by atoms with Crippen molar-refractivity contribution in [3.63, 3.8) is 0 Å². The number of carbonyl (C=O) groups excluding carboxylic acids is 1. The highest BCUT2D eigenvalue weighted by Gasteiger charge is 2.33. The minimum absolute atomic E-state index is 0.560. The summed E-state index contributed by atoms with van der Waals surface area (Å²) in [5.41, 5.74) is -1.12. The third kappa shape index (κ3) is 4.07. The van der Waals surface area contributed by atoms with Gasteiger partial charge < -0.3 is 0 Å². The Labute approximate surface area is 83.1 Å². The van der Waals surface area contributed by atoms with E-state index < -0.39 is 16.8 Å². The first-order chi connectivity index (χ1) is 6.43. The molecule has 0 heterocycles. The quantitative estimate of drug-likeness (QED) is 0.411. The summed E-state index contributed by atoms with van der Waals surface area (Å²) in [5, 5.41) is -0.560. The summed E-state index contributed by atoms with van der Waals surface area (Å²) < 4.78 is 36.6. The molecule has 0 N–H and O–H groups in total. The van der Waals surface area contributed by atoms with E-state index in [1.165, 1.54) is 0 Å². The molecule has 0 spiro atoms. The molecule has 0 aliphatic rings. The molecule has 76 valence electrons. The minimum atomic E-state index is -4.61. The van der Waals surface area contributed by atoms with Gasteiger partial charge in [0.15, 0.2) is 0 Å². The Balaban J connectivity index is 5.14. The summed E-state index contributed by atoms with van der Waals surface area (Å²) in [5.74, 6) is 0. The largest absolute Gasteiger partial charge is 0.417 e. The molecule has 0 amide bonds. The normalized spacial score (nSPS) is 13.4. The van der Waals surface area contributed by atoms with Crippen LogP contribution >= 0.6 is 11.6 Å². The molecule has 0 aliphatic carbocycles. The fraction of sp³-hybridized carbons (Fsp3) is 0.125. The highest BCUT2D eigenvalue weighted by molar-refractivity contribution is 6.31. The first-order valence-electron chi connectivity index (χ1n) is 3.26. The van der Waals surface area contributed by atoms with E-state index in [1.54, 1.807) is 0 Å². The van der Waals surface area contributed by atoms with Gasteiger partial charge in [0.25, 0.3) is 0 Å². The molecule has 0 unspecified atom stereocenters. The Morgan fingerprint density at radius 1 is 1.50 bits per heavy atom. The Hall–Kier alpha value is -1.32. The number of hydrogen-bond donors (Lipinski definition) is 0. The fourth-order valence-electron chi connectivity index (χ4n) is 0.562. The second-order valence-electron chi connectivity index (χ2n) is 2.00. The van der Waals surface area contributed by atoms with Gasteiger partial charge in [-0.25, -0.2) is 4.79 Å². The van der Waals surface area contributed by atoms with E-state index in [-0.39, 0.29) is 0 Å². The van der Waals surface area contributed by atoms with Gasteiger partial charge in [-0.2, -0.15) is 18.2 Å². The van der Waals surface area contributed by atoms with Gasteiger partial charge in [-0.3, -0.25) is 0 Å². The number of hydrogen-bond acceptors (Lipinski definition) is 2. The van der Waals surface area contributed by atoms with E-state index in [2.05, 4.69) is 11.6 Å². The van der Waals surface area contributed by atoms with Crippen molar-refractivity contribution in [2.75, 3.05) is 0 Å². The van der Waals surface area contributed by atoms with Gasteiger partial charge in [-0.05, 0) is 6.08 Å². The Morgan fingerprint density at radius 3 is 2.43 bits per heavy atom. The lowest BCUT2D eigenvalue weighted by Crippen LogP contribution is -2.10. The predicted octanol–water partition coefficient (Wildman–Crippen LogP) is 3.08. The van der Waals surface area contributed by atoms with E-state index in [1.807, 2.05) is 0 Å². The van der Waals surface area contributed by atoms with Crippen LogP contribution < -0.4 is 0 Å². The van der Waals surface area contributed by atoms with E-state index >= 15 is 0 Å². The zero-order valence-corrected chi connectivity index (χ0v) is 7.56. The summed E-state index contributed by atoms with van der Waals surface area (Å²) >= 11 is 5.24. The lowest BCUT2D eigenvalue weighted by atomic mass is 10.2. The van der Waals surface area contributed by atoms with E-state index in [9.17, 15) is 18.0 Å². The van der Waals surface area contributed by atoms with Crippen LogP contribution in [-0.2, 0) is 4.79 Å². The van der Waals surface area contributed by atoms with Crippen LogP contribution in [-0.4, -0.2) is 12.3 Å². The Kier molecular flexibility index (Phi) is 4.91. The van der Waals surface area contributed by atoms with Crippen LogP contribution in [0.15, 0.2) is 40.5 Å². The Morgan fingerprint density at radius 2 is 2.07 bits per heavy atom. The molecule has 0 saturated heterocycles. The highest BCUT2D eigenvalue weighted by atomic mass is 35.5. The number of rotatable bonds is 3. The zero-order valence-electron chi connectivity index (χ0n) is 6.81. The molecule has 0 fully saturated rings. The molecule has 0 bridgehead atoms. The maximum Gasteiger partial charge on any atom is 0.417 e. The lowest BCUT2D eigenvalue weighted by Gasteiger charge is -2.07. The monoisotopic (exact) mass is 223 g/mol. The first-order valence-corrected chi connectivity index (χ1v) is 3.64. The van der Waals surface area contributed by atoms with Crippen molar-refractivity contribution in [3.05, 3.63) is 35.5 Å². The molecule has 0 radical (unpaired) electrons. The molecule has 0 aromatic carbocycles. The minimum Gasteiger partial charge on any atom is -0.211 e. The smallest absolute Gasteiger partial charge is 0.211 e. The van der Waals surface area contributed by atoms with Gasteiger partial charge in [0.1, 0.15) is 0 Å². The molecule has 0 aromatic rings. The summed E-state index contributed by atoms with van der Waals surface area (Å²) in [6.07, 6.45) is -1.48. The van der Waals surface area contributed by atoms with Crippen molar-refractivity contribution >= 4 is 17.7 Å². The van der Waals surface area contributed by atoms with Crippen LogP contribution in [0.4, 0.5) is 13.2 Å². The average molecular weight is 224 g/mol. The highest BCUT2D eigenvalue weighted by Crippen LogP contribution is 2.31. The van der Waals surface area contributed by atoms with Crippen molar-refractivity contribution in [2.24, 2.45) is 4.99 Å². The van der Waals surface area contributed by atoms with Crippen molar-refractivity contribution in [3.8, 4) is 0 Å². The van der Waals surface area contributed by atoms with Crippen molar-refractivity contribution in [1.29, 1.82) is 0 Å². The number of halogens is 4. The summed E-state index contributed by atoms with van der Waals surface area (Å²) in [4.78, 5) is 12.4. The van der Waals surface area contributed by atoms with Gasteiger partial charge in [-0.15, -0.1) is 0 Å². The van der Waals surface area contributed by atoms with Crippen LogP contribution in [0.25, 0.3) is 0 Å². The molecule has 6 heteroatoms. The van der Waals surface area contributed by atoms with E-state index in [0.717, 1.165) is 12.2 Å². The number of aliphatic imine (C=N–C) groups is 1. The van der Waals surface area contributed by atoms with Crippen LogP contribution in [0.3, 0.4) is 0 Å². The van der Waals surface area contributed by atoms with E-state index in [0.29, 0.717) is 12.3 Å². The predicted molar refractivity (Wildman–Crippen MR) is 46.4 cm³/mol. The zero-order chi connectivity index (χ0) is 11.2. The Bertz CT molecular complexity index is 324. The molecule has 2 nitrogen and oxygen atoms in total. The first kappa shape index (κ1) is 12.7. The van der Waals surface area contributed by atoms with Crippen molar-refractivity contribution in [2.45, 2.75) is 6.18 Å². The van der Waals surface area contributed by atoms with Gasteiger partial charge in [0.2, 0.25) is 6.08 Å². The van der Waals surface area contributed by atoms with Gasteiger partial charge in [0, 0.05) is 6.20 Å². The maximum absolute atomic E-state index is 12.2. The third-order valence-electron chi connectivity index (χ3n) is 1.11. The van der Waals surface area contributed by atoms with Gasteiger partial charge >= 0.3 is 6.18 Å². The van der Waals surface area contributed by atoms with Crippen LogP contribution in [0, 0.1) is 0 Å². The molecule has 0 aliphatic heterocycles. The molecule has 0 aromatic heterocycles. The summed E-state index contributed by atoms with van der Waals surface area (Å²) in [7, 11) is 0. The SMILES string of the molecule is C=C/C(Cl)=C(\C=C\N=C=O)C(F)(F)F. The third-order valence-corrected chi connectivity index (χ3v) is 1.47. The average Bonchev–Trinajstić information content (AvgIpc) is 2.09. The van der Waals surface area contributed by atoms with Crippen LogP contribution in [0.1, 0.15) is 0 Å². The maximum atomic E-state index is 12.2. The number of alkyl halides is 3. The fourth-order valence-corrected chi connectivity index (χ4v) is 0.732. The molecular formula is C8H5ClF3NO. The molecular weight excluding hydrogens is 219 g/mol. The second kappa shape index (κ2) is 5.42. The van der Waals surface area contributed by atoms with Crippen molar-refractivity contribution in [1.82, 2.24) is 0 Å². The number of nitrogens with zero attached hydrogens (tertiary/aromatic N) is 1. The molecule has 0 rings (SSSR count). The van der Waals surface area contributed by atoms with E-state index in [4.69, 9.17) is 11.6 Å². The van der Waals surface area contributed by atoms with Crippen LogP contribution in [0.2, 0.25) is 0 Å². The lowest BCUT2D eigenvalue weighted by molar-refractivity contribution is -0.0884. The van der Waals surface area contributed by atoms with Gasteiger partial charge in [0.05, 0.1) is 10.6 Å². The molecule has 14 heavy (non-hydrogen) atoms. The summed E-state index contributed by atoms with van der Waals surface area (Å²) in [6.45, 7) is 3.09. The molecule has 0 atom stereocenters. The molecule has 0 saturated carbocycles. The number of isocyanates is 1. The summed E-state index contributed by atoms with van der Waals surface area (Å²) in [6, 6.07) is 0. The number of allylic oxidation sites excluding steroid dienone is 4. The topological polar surface area (TPSA) is 29.4 Å². The van der Waals surface area contributed by atoms with Crippen molar-refractivity contribution < 1.29 is 18.0 Å².